The zero-order chi connectivity index (χ0) is 15.6. The highest BCUT2D eigenvalue weighted by atomic mass is 16.2. The van der Waals surface area contributed by atoms with Gasteiger partial charge in [0.25, 0.3) is 0 Å². The van der Waals surface area contributed by atoms with E-state index in [2.05, 4.69) is 44.8 Å². The van der Waals surface area contributed by atoms with Crippen LogP contribution in [0.4, 0.5) is 0 Å². The number of rotatable bonds is 4. The predicted octanol–water partition coefficient (Wildman–Crippen LogP) is 3.93. The van der Waals surface area contributed by atoms with Crippen molar-refractivity contribution in [1.82, 2.24) is 10.2 Å². The van der Waals surface area contributed by atoms with Gasteiger partial charge in [0.2, 0.25) is 5.91 Å². The van der Waals surface area contributed by atoms with Crippen LogP contribution in [0.1, 0.15) is 79.6 Å². The summed E-state index contributed by atoms with van der Waals surface area (Å²) in [5, 5.41) is 3.65. The Kier molecular flexibility index (Phi) is 5.34. The van der Waals surface area contributed by atoms with Crippen LogP contribution in [0.15, 0.2) is 0 Å². The monoisotopic (exact) mass is 294 g/mol. The molecular weight excluding hydrogens is 260 g/mol. The summed E-state index contributed by atoms with van der Waals surface area (Å²) in [6.45, 7) is 11.1. The molecule has 122 valence electrons. The lowest BCUT2D eigenvalue weighted by Crippen LogP contribution is -2.45. The number of hydrogen-bond acceptors (Lipinski definition) is 2. The van der Waals surface area contributed by atoms with Crippen LogP contribution in [0.25, 0.3) is 0 Å². The fraction of sp³-hybridized carbons (Fsp3) is 0.944. The predicted molar refractivity (Wildman–Crippen MR) is 88.0 cm³/mol. The van der Waals surface area contributed by atoms with Gasteiger partial charge in [-0.2, -0.15) is 0 Å². The number of amides is 1. The Morgan fingerprint density at radius 1 is 1.29 bits per heavy atom. The minimum absolute atomic E-state index is 0.237. The molecule has 2 aliphatic rings. The fourth-order valence-electron chi connectivity index (χ4n) is 3.96. The van der Waals surface area contributed by atoms with E-state index in [0.29, 0.717) is 17.9 Å². The van der Waals surface area contributed by atoms with Crippen molar-refractivity contribution in [1.29, 1.82) is 0 Å². The SMILES string of the molecule is CCC1(C)NC(CC(C)C)N(C2CCCC(C)CC2)C1=O. The van der Waals surface area contributed by atoms with Crippen molar-refractivity contribution in [3.63, 3.8) is 0 Å². The maximum atomic E-state index is 13.0. The molecule has 0 aromatic rings. The summed E-state index contributed by atoms with van der Waals surface area (Å²) in [7, 11) is 0. The van der Waals surface area contributed by atoms with E-state index in [4.69, 9.17) is 0 Å². The molecule has 0 radical (unpaired) electrons. The third-order valence-electron chi connectivity index (χ3n) is 5.55. The number of hydrogen-bond donors (Lipinski definition) is 1. The third-order valence-corrected chi connectivity index (χ3v) is 5.55. The lowest BCUT2D eigenvalue weighted by Gasteiger charge is -2.33. The van der Waals surface area contributed by atoms with Gasteiger partial charge in [-0.05, 0) is 50.9 Å². The Labute approximate surface area is 130 Å². The van der Waals surface area contributed by atoms with E-state index in [1.54, 1.807) is 0 Å². The van der Waals surface area contributed by atoms with Gasteiger partial charge in [-0.1, -0.05) is 40.5 Å². The zero-order valence-electron chi connectivity index (χ0n) is 14.6. The summed E-state index contributed by atoms with van der Waals surface area (Å²) in [5.74, 6) is 1.78. The fourth-order valence-corrected chi connectivity index (χ4v) is 3.96. The van der Waals surface area contributed by atoms with Crippen molar-refractivity contribution in [2.75, 3.05) is 0 Å². The standard InChI is InChI=1S/C18H34N2O/c1-6-18(5)17(21)20(16(19-18)12-13(2)3)15-9-7-8-14(4)10-11-15/h13-16,19H,6-12H2,1-5H3. The Morgan fingerprint density at radius 2 is 2.00 bits per heavy atom. The normalized spacial score (nSPS) is 38.1. The van der Waals surface area contributed by atoms with E-state index in [1.807, 2.05) is 0 Å². The Morgan fingerprint density at radius 3 is 2.62 bits per heavy atom. The molecule has 1 aliphatic heterocycles. The average Bonchev–Trinajstić information content (AvgIpc) is 2.56. The zero-order valence-corrected chi connectivity index (χ0v) is 14.6. The topological polar surface area (TPSA) is 32.3 Å². The highest BCUT2D eigenvalue weighted by Gasteiger charge is 2.48. The van der Waals surface area contributed by atoms with E-state index in [-0.39, 0.29) is 11.7 Å². The van der Waals surface area contributed by atoms with Gasteiger partial charge in [0.1, 0.15) is 0 Å². The molecule has 4 unspecified atom stereocenters. The summed E-state index contributed by atoms with van der Waals surface area (Å²) in [4.78, 5) is 15.2. The first-order valence-corrected chi connectivity index (χ1v) is 8.98. The molecule has 1 aliphatic carbocycles. The quantitative estimate of drug-likeness (QED) is 0.797. The molecule has 0 spiro atoms. The molecule has 21 heavy (non-hydrogen) atoms. The summed E-state index contributed by atoms with van der Waals surface area (Å²) >= 11 is 0. The minimum Gasteiger partial charge on any atom is -0.323 e. The second kappa shape index (κ2) is 6.68. The molecule has 1 saturated heterocycles. The van der Waals surface area contributed by atoms with Crippen molar-refractivity contribution in [3.05, 3.63) is 0 Å². The van der Waals surface area contributed by atoms with Crippen molar-refractivity contribution in [3.8, 4) is 0 Å². The highest BCUT2D eigenvalue weighted by Crippen LogP contribution is 2.34. The number of carbonyl (C=O) groups is 1. The second-order valence-electron chi connectivity index (χ2n) is 7.96. The van der Waals surface area contributed by atoms with Gasteiger partial charge < -0.3 is 4.90 Å². The van der Waals surface area contributed by atoms with Crippen LogP contribution in [0.2, 0.25) is 0 Å². The number of nitrogens with zero attached hydrogens (tertiary/aromatic N) is 1. The summed E-state index contributed by atoms with van der Waals surface area (Å²) in [5.41, 5.74) is -0.350. The van der Waals surface area contributed by atoms with E-state index in [0.717, 1.165) is 18.8 Å². The van der Waals surface area contributed by atoms with E-state index in [1.165, 1.54) is 32.1 Å². The Hall–Kier alpha value is -0.570. The molecule has 3 heteroatoms. The van der Waals surface area contributed by atoms with Crippen LogP contribution in [-0.2, 0) is 4.79 Å². The average molecular weight is 294 g/mol. The lowest BCUT2D eigenvalue weighted by molar-refractivity contribution is -0.135. The van der Waals surface area contributed by atoms with Crippen LogP contribution in [0.3, 0.4) is 0 Å². The van der Waals surface area contributed by atoms with Crippen LogP contribution in [0.5, 0.6) is 0 Å². The Bertz CT molecular complexity index is 368. The first-order valence-electron chi connectivity index (χ1n) is 8.98. The highest BCUT2D eigenvalue weighted by molar-refractivity contribution is 5.88. The van der Waals surface area contributed by atoms with Crippen molar-refractivity contribution in [2.45, 2.75) is 97.3 Å². The molecule has 0 aromatic carbocycles. The van der Waals surface area contributed by atoms with Crippen molar-refractivity contribution in [2.24, 2.45) is 11.8 Å². The summed E-state index contributed by atoms with van der Waals surface area (Å²) in [6, 6.07) is 0.451. The Balaban J connectivity index is 2.17. The third kappa shape index (κ3) is 3.61. The van der Waals surface area contributed by atoms with Gasteiger partial charge >= 0.3 is 0 Å². The molecule has 3 nitrogen and oxygen atoms in total. The maximum Gasteiger partial charge on any atom is 0.244 e. The van der Waals surface area contributed by atoms with Gasteiger partial charge in [-0.3, -0.25) is 10.1 Å². The van der Waals surface area contributed by atoms with Gasteiger partial charge in [-0.25, -0.2) is 0 Å². The van der Waals surface area contributed by atoms with E-state index >= 15 is 0 Å². The van der Waals surface area contributed by atoms with Gasteiger partial charge in [0.15, 0.2) is 0 Å². The molecule has 1 N–H and O–H groups in total. The first-order chi connectivity index (χ1) is 9.87. The molecule has 1 heterocycles. The van der Waals surface area contributed by atoms with E-state index in [9.17, 15) is 4.79 Å². The van der Waals surface area contributed by atoms with Crippen molar-refractivity contribution >= 4 is 5.91 Å². The van der Waals surface area contributed by atoms with Gasteiger partial charge in [0.05, 0.1) is 11.7 Å². The molecule has 2 rings (SSSR count). The molecule has 2 fully saturated rings. The van der Waals surface area contributed by atoms with Crippen molar-refractivity contribution < 1.29 is 4.79 Å². The summed E-state index contributed by atoms with van der Waals surface area (Å²) in [6.07, 6.45) is 8.41. The van der Waals surface area contributed by atoms with Gasteiger partial charge in [0, 0.05) is 6.04 Å². The number of nitrogens with one attached hydrogen (secondary N) is 1. The molecule has 0 aromatic heterocycles. The molecule has 0 bridgehead atoms. The largest absolute Gasteiger partial charge is 0.323 e. The second-order valence-corrected chi connectivity index (χ2v) is 7.96. The van der Waals surface area contributed by atoms with Gasteiger partial charge in [-0.15, -0.1) is 0 Å². The first kappa shape index (κ1) is 16.8. The molecule has 1 amide bonds. The van der Waals surface area contributed by atoms with Crippen LogP contribution in [-0.4, -0.2) is 28.6 Å². The van der Waals surface area contributed by atoms with Crippen LogP contribution < -0.4 is 5.32 Å². The maximum absolute atomic E-state index is 13.0. The van der Waals surface area contributed by atoms with E-state index < -0.39 is 0 Å². The smallest absolute Gasteiger partial charge is 0.244 e. The molecule has 1 saturated carbocycles. The minimum atomic E-state index is -0.350. The number of carbonyl (C=O) groups excluding carboxylic acids is 1. The van der Waals surface area contributed by atoms with Crippen LogP contribution in [0, 0.1) is 11.8 Å². The van der Waals surface area contributed by atoms with Crippen LogP contribution >= 0.6 is 0 Å². The summed E-state index contributed by atoms with van der Waals surface area (Å²) < 4.78 is 0. The molecule has 4 atom stereocenters. The molecular formula is C18H34N2O. The lowest BCUT2D eigenvalue weighted by atomic mass is 9.98.